The van der Waals surface area contributed by atoms with Crippen molar-refractivity contribution in [2.45, 2.75) is 24.9 Å². The van der Waals surface area contributed by atoms with E-state index in [-0.39, 0.29) is 12.1 Å². The average molecular weight is 383 g/mol. The number of carbonyl (C=O) groups is 2. The summed E-state index contributed by atoms with van der Waals surface area (Å²) in [4.78, 5) is 22.8. The van der Waals surface area contributed by atoms with Crippen LogP contribution >= 0.6 is 0 Å². The molecule has 0 saturated carbocycles. The number of nitrogens with one attached hydrogen (secondary N) is 2. The van der Waals surface area contributed by atoms with E-state index >= 15 is 0 Å². The first-order valence-electron chi connectivity index (χ1n) is 9.20. The van der Waals surface area contributed by atoms with Gasteiger partial charge in [-0.2, -0.15) is 0 Å². The SMILES string of the molecule is COC(=O)NC(C1=CC=CCC1)c1cccc(OCC2C=C(C=O)N(C)N2)c1. The summed E-state index contributed by atoms with van der Waals surface area (Å²) in [6.45, 7) is 0.381. The second-order valence-electron chi connectivity index (χ2n) is 6.66. The molecule has 1 aliphatic carbocycles. The lowest BCUT2D eigenvalue weighted by molar-refractivity contribution is -0.106. The van der Waals surface area contributed by atoms with E-state index in [0.717, 1.165) is 30.3 Å². The Morgan fingerprint density at radius 2 is 2.32 bits per heavy atom. The number of hydrogen-bond donors (Lipinski definition) is 2. The molecule has 3 rings (SSSR count). The van der Waals surface area contributed by atoms with E-state index < -0.39 is 6.09 Å². The van der Waals surface area contributed by atoms with E-state index in [0.29, 0.717) is 18.1 Å². The third-order valence-corrected chi connectivity index (χ3v) is 4.72. The van der Waals surface area contributed by atoms with Crippen molar-refractivity contribution in [2.24, 2.45) is 0 Å². The van der Waals surface area contributed by atoms with Gasteiger partial charge in [-0.15, -0.1) is 0 Å². The largest absolute Gasteiger partial charge is 0.492 e. The van der Waals surface area contributed by atoms with Gasteiger partial charge in [0, 0.05) is 7.05 Å². The summed E-state index contributed by atoms with van der Waals surface area (Å²) in [6, 6.07) is 7.29. The molecule has 2 N–H and O–H groups in total. The summed E-state index contributed by atoms with van der Waals surface area (Å²) in [5.41, 5.74) is 5.76. The number of ether oxygens (including phenoxy) is 2. The van der Waals surface area contributed by atoms with Gasteiger partial charge in [0.2, 0.25) is 0 Å². The van der Waals surface area contributed by atoms with Gasteiger partial charge in [-0.25, -0.2) is 10.2 Å². The third-order valence-electron chi connectivity index (χ3n) is 4.72. The van der Waals surface area contributed by atoms with Crippen LogP contribution in [-0.4, -0.2) is 44.2 Å². The van der Waals surface area contributed by atoms with E-state index in [2.05, 4.69) is 16.8 Å². The topological polar surface area (TPSA) is 79.9 Å². The number of hydrogen-bond acceptors (Lipinski definition) is 6. The van der Waals surface area contributed by atoms with Crippen LogP contribution in [0.2, 0.25) is 0 Å². The fourth-order valence-corrected chi connectivity index (χ4v) is 3.28. The monoisotopic (exact) mass is 383 g/mol. The first-order chi connectivity index (χ1) is 13.6. The highest BCUT2D eigenvalue weighted by Crippen LogP contribution is 2.30. The second-order valence-corrected chi connectivity index (χ2v) is 6.66. The van der Waals surface area contributed by atoms with E-state index in [1.807, 2.05) is 42.5 Å². The number of rotatable bonds is 7. The van der Waals surface area contributed by atoms with Crippen molar-refractivity contribution < 1.29 is 19.1 Å². The molecule has 148 valence electrons. The number of methoxy groups -OCH3 is 1. The van der Waals surface area contributed by atoms with Gasteiger partial charge >= 0.3 is 6.09 Å². The molecular weight excluding hydrogens is 358 g/mol. The van der Waals surface area contributed by atoms with E-state index in [9.17, 15) is 9.59 Å². The minimum absolute atomic E-state index is 0.0796. The van der Waals surface area contributed by atoms with Crippen molar-refractivity contribution in [2.75, 3.05) is 20.8 Å². The number of carbonyl (C=O) groups excluding carboxylic acids is 2. The number of alkyl carbamates (subject to hydrolysis) is 1. The molecular formula is C21H25N3O4. The minimum Gasteiger partial charge on any atom is -0.492 e. The Hall–Kier alpha value is -3.06. The van der Waals surface area contributed by atoms with Crippen LogP contribution in [0.5, 0.6) is 5.75 Å². The second kappa shape index (κ2) is 9.23. The van der Waals surface area contributed by atoms with Crippen molar-refractivity contribution in [3.63, 3.8) is 0 Å². The van der Waals surface area contributed by atoms with Crippen LogP contribution in [0.4, 0.5) is 4.79 Å². The molecule has 0 fully saturated rings. The van der Waals surface area contributed by atoms with E-state index in [1.54, 1.807) is 12.1 Å². The lowest BCUT2D eigenvalue weighted by Gasteiger charge is -2.23. The van der Waals surface area contributed by atoms with Gasteiger partial charge < -0.3 is 19.8 Å². The zero-order valence-electron chi connectivity index (χ0n) is 16.1. The number of likely N-dealkylation sites (N-methyl/N-ethyl adjacent to an activating group) is 1. The Morgan fingerprint density at radius 3 is 3.00 bits per heavy atom. The molecule has 7 nitrogen and oxygen atoms in total. The molecule has 2 unspecified atom stereocenters. The maximum atomic E-state index is 11.9. The number of allylic oxidation sites excluding steroid dienone is 4. The summed E-state index contributed by atoms with van der Waals surface area (Å²) in [5, 5.41) is 4.59. The molecule has 2 aliphatic rings. The molecule has 0 spiro atoms. The van der Waals surface area contributed by atoms with Crippen LogP contribution < -0.4 is 15.5 Å². The van der Waals surface area contributed by atoms with Crippen molar-refractivity contribution in [3.05, 3.63) is 65.4 Å². The van der Waals surface area contributed by atoms with Gasteiger partial charge in [0.25, 0.3) is 0 Å². The first kappa shape index (κ1) is 19.7. The van der Waals surface area contributed by atoms with Crippen molar-refractivity contribution in [1.82, 2.24) is 15.8 Å². The van der Waals surface area contributed by atoms with Crippen LogP contribution in [0.3, 0.4) is 0 Å². The zero-order chi connectivity index (χ0) is 19.9. The Morgan fingerprint density at radius 1 is 1.46 bits per heavy atom. The molecule has 1 heterocycles. The Labute approximate surface area is 164 Å². The van der Waals surface area contributed by atoms with Crippen molar-refractivity contribution in [1.29, 1.82) is 0 Å². The fourth-order valence-electron chi connectivity index (χ4n) is 3.28. The summed E-state index contributed by atoms with van der Waals surface area (Å²) in [6.07, 6.45) is 10.1. The van der Waals surface area contributed by atoms with Gasteiger partial charge in [-0.05, 0) is 42.2 Å². The Bertz CT molecular complexity index is 816. The molecule has 0 aromatic heterocycles. The smallest absolute Gasteiger partial charge is 0.407 e. The summed E-state index contributed by atoms with van der Waals surface area (Å²) in [7, 11) is 3.14. The molecule has 0 radical (unpaired) electrons. The number of hydrazine groups is 1. The molecule has 2 atom stereocenters. The Kier molecular flexibility index (Phi) is 6.49. The average Bonchev–Trinajstić information content (AvgIpc) is 3.10. The first-order valence-corrected chi connectivity index (χ1v) is 9.20. The number of amides is 1. The number of nitrogens with zero attached hydrogens (tertiary/aromatic N) is 1. The zero-order valence-corrected chi connectivity index (χ0v) is 16.1. The molecule has 1 aromatic carbocycles. The minimum atomic E-state index is -0.475. The molecule has 7 heteroatoms. The molecule has 28 heavy (non-hydrogen) atoms. The predicted octanol–water partition coefficient (Wildman–Crippen LogP) is 2.64. The normalized spacial score (nSPS) is 19.5. The van der Waals surface area contributed by atoms with Crippen LogP contribution in [0.1, 0.15) is 24.4 Å². The molecule has 0 saturated heterocycles. The van der Waals surface area contributed by atoms with Crippen LogP contribution in [0, 0.1) is 0 Å². The molecule has 1 amide bonds. The molecule has 1 aliphatic heterocycles. The van der Waals surface area contributed by atoms with Crippen LogP contribution in [0.25, 0.3) is 0 Å². The third kappa shape index (κ3) is 4.80. The predicted molar refractivity (Wildman–Crippen MR) is 106 cm³/mol. The lowest BCUT2D eigenvalue weighted by Crippen LogP contribution is -2.37. The summed E-state index contributed by atoms with van der Waals surface area (Å²) < 4.78 is 10.7. The van der Waals surface area contributed by atoms with Gasteiger partial charge in [0.05, 0.1) is 24.9 Å². The van der Waals surface area contributed by atoms with Gasteiger partial charge in [-0.3, -0.25) is 4.79 Å². The van der Waals surface area contributed by atoms with Crippen molar-refractivity contribution >= 4 is 12.4 Å². The number of aldehydes is 1. The quantitative estimate of drug-likeness (QED) is 0.705. The highest BCUT2D eigenvalue weighted by Gasteiger charge is 2.22. The summed E-state index contributed by atoms with van der Waals surface area (Å²) >= 11 is 0. The van der Waals surface area contributed by atoms with Crippen LogP contribution in [-0.2, 0) is 9.53 Å². The Balaban J connectivity index is 1.73. The maximum Gasteiger partial charge on any atom is 0.407 e. The maximum absolute atomic E-state index is 11.9. The summed E-state index contributed by atoms with van der Waals surface area (Å²) in [5.74, 6) is 0.693. The van der Waals surface area contributed by atoms with Gasteiger partial charge in [-0.1, -0.05) is 30.4 Å². The molecule has 0 bridgehead atoms. The highest BCUT2D eigenvalue weighted by molar-refractivity contribution is 5.73. The van der Waals surface area contributed by atoms with E-state index in [1.165, 1.54) is 7.11 Å². The highest BCUT2D eigenvalue weighted by atomic mass is 16.5. The molecule has 1 aromatic rings. The number of benzene rings is 1. The van der Waals surface area contributed by atoms with Gasteiger partial charge in [0.15, 0.2) is 6.29 Å². The van der Waals surface area contributed by atoms with Crippen molar-refractivity contribution in [3.8, 4) is 5.75 Å². The van der Waals surface area contributed by atoms with Crippen LogP contribution in [0.15, 0.2) is 59.8 Å². The standard InChI is InChI=1S/C21H25N3O4/c1-24-18(13-25)12-17(23-24)14-28-19-10-6-9-16(11-19)20(22-21(26)27-2)15-7-4-3-5-8-15/h3-4,6-7,9-13,17,20,23H,5,8,14H2,1-2H3,(H,22,26). The fraction of sp³-hybridized carbons (Fsp3) is 0.333. The van der Waals surface area contributed by atoms with E-state index in [4.69, 9.17) is 9.47 Å². The lowest BCUT2D eigenvalue weighted by atomic mass is 9.92. The van der Waals surface area contributed by atoms with Gasteiger partial charge in [0.1, 0.15) is 12.4 Å².